The van der Waals surface area contributed by atoms with Gasteiger partial charge in [-0.05, 0) is 29.5 Å². The largest absolute Gasteiger partial charge is 0.496 e. The highest BCUT2D eigenvalue weighted by Crippen LogP contribution is 2.53. The van der Waals surface area contributed by atoms with Gasteiger partial charge < -0.3 is 37.6 Å². The van der Waals surface area contributed by atoms with Gasteiger partial charge in [-0.1, -0.05) is 0 Å². The van der Waals surface area contributed by atoms with Gasteiger partial charge in [0.15, 0.2) is 34.5 Å². The number of Topliss-reactive ketones (excluding diaryl/α,β-unsaturated/α-hetero) is 2. The number of benzene rings is 2. The molecule has 0 saturated heterocycles. The summed E-state index contributed by atoms with van der Waals surface area (Å²) in [5, 5.41) is 0.448. The number of carbonyl (C=O) groups excluding carboxylic acids is 3. The Hall–Kier alpha value is -5.00. The maximum atomic E-state index is 13.8. The van der Waals surface area contributed by atoms with Crippen molar-refractivity contribution in [3.8, 4) is 28.7 Å². The fraction of sp³-hybridized carbons (Fsp3) is 0.310. The number of carbonyl (C=O) groups is 3. The monoisotopic (exact) mass is 564 g/mol. The van der Waals surface area contributed by atoms with E-state index < -0.39 is 28.9 Å². The molecule has 1 aromatic heterocycles. The van der Waals surface area contributed by atoms with Crippen molar-refractivity contribution in [2.45, 2.75) is 25.0 Å². The molecular weight excluding hydrogens is 540 g/mol. The summed E-state index contributed by atoms with van der Waals surface area (Å²) >= 11 is 0. The molecule has 3 aliphatic rings. The second-order valence-electron chi connectivity index (χ2n) is 9.57. The Morgan fingerprint density at radius 3 is 2.22 bits per heavy atom. The number of aryl methyl sites for hydroxylation is 1. The summed E-state index contributed by atoms with van der Waals surface area (Å²) in [5.41, 5.74) is 0.00321. The topological polar surface area (TPSA) is 146 Å². The average Bonchev–Trinajstić information content (AvgIpc) is 3.36. The molecular formula is C29H24O12. The number of hydrogen-bond donors (Lipinski definition) is 0. The lowest BCUT2D eigenvalue weighted by Gasteiger charge is -2.36. The molecule has 12 heteroatoms. The lowest BCUT2D eigenvalue weighted by atomic mass is 9.84. The van der Waals surface area contributed by atoms with Crippen LogP contribution in [0.3, 0.4) is 0 Å². The number of esters is 1. The Bertz CT molecular complexity index is 1780. The first-order valence-corrected chi connectivity index (χ1v) is 12.5. The van der Waals surface area contributed by atoms with Gasteiger partial charge in [0.25, 0.3) is 5.79 Å². The maximum absolute atomic E-state index is 13.8. The summed E-state index contributed by atoms with van der Waals surface area (Å²) in [7, 11) is 6.71. The number of ketones is 2. The molecule has 1 atom stereocenters. The van der Waals surface area contributed by atoms with Crippen LogP contribution < -0.4 is 29.3 Å². The number of methoxy groups -OCH3 is 5. The molecule has 0 bridgehead atoms. The van der Waals surface area contributed by atoms with Crippen molar-refractivity contribution in [1.29, 1.82) is 0 Å². The van der Waals surface area contributed by atoms with Crippen molar-refractivity contribution in [2.75, 3.05) is 35.5 Å². The molecule has 2 aromatic carbocycles. The molecule has 0 fully saturated rings. The van der Waals surface area contributed by atoms with Crippen LogP contribution in [0.25, 0.3) is 10.8 Å². The van der Waals surface area contributed by atoms with Crippen LogP contribution in [0.4, 0.5) is 0 Å². The molecule has 1 spiro atoms. The van der Waals surface area contributed by atoms with Crippen LogP contribution in [0.15, 0.2) is 38.7 Å². The van der Waals surface area contributed by atoms with Gasteiger partial charge in [-0.3, -0.25) is 9.59 Å². The summed E-state index contributed by atoms with van der Waals surface area (Å²) in [6.45, 7) is 0. The molecule has 0 radical (unpaired) electrons. The molecule has 212 valence electrons. The van der Waals surface area contributed by atoms with Gasteiger partial charge in [-0.2, -0.15) is 0 Å². The van der Waals surface area contributed by atoms with E-state index in [1.807, 2.05) is 0 Å². The first kappa shape index (κ1) is 26.2. The number of fused-ring (bicyclic) bond motifs is 3. The van der Waals surface area contributed by atoms with E-state index in [-0.39, 0.29) is 75.2 Å². The summed E-state index contributed by atoms with van der Waals surface area (Å²) in [5.74, 6) is -2.93. The van der Waals surface area contributed by atoms with Gasteiger partial charge in [0.05, 0.1) is 58.7 Å². The van der Waals surface area contributed by atoms with E-state index in [9.17, 15) is 19.2 Å². The average molecular weight is 564 g/mol. The summed E-state index contributed by atoms with van der Waals surface area (Å²) in [6.07, 6.45) is 0.605. The van der Waals surface area contributed by atoms with E-state index in [1.54, 1.807) is 6.07 Å². The highest BCUT2D eigenvalue weighted by molar-refractivity contribution is 6.29. The lowest BCUT2D eigenvalue weighted by molar-refractivity contribution is -0.148. The normalized spacial score (nSPS) is 18.8. The van der Waals surface area contributed by atoms with E-state index in [4.69, 9.17) is 32.8 Å². The minimum atomic E-state index is -1.43. The van der Waals surface area contributed by atoms with Crippen molar-refractivity contribution in [3.63, 3.8) is 0 Å². The molecule has 1 unspecified atom stereocenters. The predicted octanol–water partition coefficient (Wildman–Crippen LogP) is 3.39. The Kier molecular flexibility index (Phi) is 5.94. The summed E-state index contributed by atoms with van der Waals surface area (Å²) in [4.78, 5) is 52.5. The zero-order chi connectivity index (χ0) is 29.2. The zero-order valence-electron chi connectivity index (χ0n) is 22.8. The van der Waals surface area contributed by atoms with Crippen LogP contribution in [0, 0.1) is 0 Å². The van der Waals surface area contributed by atoms with Gasteiger partial charge in [-0.15, -0.1) is 0 Å². The standard InChI is InChI=1S/C29H24O12/c1-34-15-10-16(35-2)25(36-3)20-19(15)21(30)14-11-29(41-24(14)22(20)31)7-6-12-8-13-9-17(27(32)38-5)39-28(33)18(13)26(37-4)23(12)40-29/h8-10H,6-7,11H2,1-5H3. The molecule has 12 nitrogen and oxygen atoms in total. The molecule has 0 amide bonds. The van der Waals surface area contributed by atoms with Crippen LogP contribution in [0.1, 0.15) is 49.7 Å². The third kappa shape index (κ3) is 3.66. The first-order valence-electron chi connectivity index (χ1n) is 12.5. The van der Waals surface area contributed by atoms with E-state index in [1.165, 1.54) is 47.7 Å². The van der Waals surface area contributed by atoms with Crippen LogP contribution in [-0.2, 0) is 15.9 Å². The number of ether oxygens (including phenoxy) is 7. The van der Waals surface area contributed by atoms with E-state index >= 15 is 0 Å². The Balaban J connectivity index is 1.43. The van der Waals surface area contributed by atoms with Crippen molar-refractivity contribution in [3.05, 3.63) is 62.4 Å². The second-order valence-corrected chi connectivity index (χ2v) is 9.57. The quantitative estimate of drug-likeness (QED) is 0.419. The molecule has 0 N–H and O–H groups in total. The van der Waals surface area contributed by atoms with E-state index in [0.717, 1.165) is 0 Å². The number of hydrogen-bond acceptors (Lipinski definition) is 12. The number of rotatable bonds is 5. The molecule has 3 aromatic rings. The van der Waals surface area contributed by atoms with Gasteiger partial charge in [-0.25, -0.2) is 9.59 Å². The minimum absolute atomic E-state index is 0.0247. The van der Waals surface area contributed by atoms with Crippen molar-refractivity contribution in [1.82, 2.24) is 0 Å². The van der Waals surface area contributed by atoms with Crippen LogP contribution in [0.5, 0.6) is 28.7 Å². The zero-order valence-corrected chi connectivity index (χ0v) is 22.8. The molecule has 1 aliphatic carbocycles. The SMILES string of the molecule is COC(=O)c1cc2cc3c(c(OC)c2c(=O)o1)OC1(CC3)CC2=C(O1)C(=O)c1c(OC)c(OC)cc(OC)c1C2=O. The Morgan fingerprint density at radius 1 is 0.829 bits per heavy atom. The highest BCUT2D eigenvalue weighted by Gasteiger charge is 2.53. The van der Waals surface area contributed by atoms with Crippen LogP contribution >= 0.6 is 0 Å². The van der Waals surface area contributed by atoms with Crippen LogP contribution in [-0.4, -0.2) is 58.9 Å². The van der Waals surface area contributed by atoms with Crippen molar-refractivity contribution >= 4 is 28.3 Å². The molecule has 0 saturated carbocycles. The van der Waals surface area contributed by atoms with Gasteiger partial charge in [0.1, 0.15) is 11.1 Å². The summed E-state index contributed by atoms with van der Waals surface area (Å²) in [6, 6.07) is 4.58. The van der Waals surface area contributed by atoms with E-state index in [0.29, 0.717) is 17.4 Å². The van der Waals surface area contributed by atoms with Gasteiger partial charge in [0, 0.05) is 12.5 Å². The third-order valence-corrected chi connectivity index (χ3v) is 7.49. The van der Waals surface area contributed by atoms with Crippen molar-refractivity contribution in [2.24, 2.45) is 0 Å². The van der Waals surface area contributed by atoms with E-state index in [2.05, 4.69) is 4.74 Å². The first-order chi connectivity index (χ1) is 19.7. The summed E-state index contributed by atoms with van der Waals surface area (Å²) < 4.78 is 44.2. The molecule has 2 aliphatic heterocycles. The fourth-order valence-electron chi connectivity index (χ4n) is 5.65. The minimum Gasteiger partial charge on any atom is -0.496 e. The van der Waals surface area contributed by atoms with Gasteiger partial charge >= 0.3 is 11.6 Å². The molecule has 6 rings (SSSR count). The Morgan fingerprint density at radius 2 is 1.56 bits per heavy atom. The fourth-order valence-corrected chi connectivity index (χ4v) is 5.65. The van der Waals surface area contributed by atoms with Crippen LogP contribution in [0.2, 0.25) is 0 Å². The second kappa shape index (κ2) is 9.29. The van der Waals surface area contributed by atoms with Crippen molar-refractivity contribution < 1.29 is 52.0 Å². The molecule has 3 heterocycles. The Labute approximate surface area is 232 Å². The molecule has 41 heavy (non-hydrogen) atoms. The third-order valence-electron chi connectivity index (χ3n) is 7.49. The lowest BCUT2D eigenvalue weighted by Crippen LogP contribution is -2.40. The number of allylic oxidation sites excluding steroid dienone is 1. The smallest absolute Gasteiger partial charge is 0.374 e. The maximum Gasteiger partial charge on any atom is 0.374 e. The highest BCUT2D eigenvalue weighted by atomic mass is 16.7. The van der Waals surface area contributed by atoms with Gasteiger partial charge in [0.2, 0.25) is 11.5 Å². The predicted molar refractivity (Wildman–Crippen MR) is 140 cm³/mol.